The molecule has 1 fully saturated rings. The zero-order chi connectivity index (χ0) is 14.0. The second kappa shape index (κ2) is 9.73. The molecule has 3 heteroatoms. The third-order valence-corrected chi connectivity index (χ3v) is 4.36. The van der Waals surface area contributed by atoms with Crippen molar-refractivity contribution < 1.29 is 10.2 Å². The first kappa shape index (κ1) is 16.9. The van der Waals surface area contributed by atoms with Crippen molar-refractivity contribution in [1.29, 1.82) is 0 Å². The highest BCUT2D eigenvalue weighted by molar-refractivity contribution is 4.85. The maximum Gasteiger partial charge on any atom is 0.0633 e. The molecule has 19 heavy (non-hydrogen) atoms. The molecule has 0 radical (unpaired) electrons. The van der Waals surface area contributed by atoms with Crippen LogP contribution in [0.15, 0.2) is 0 Å². The van der Waals surface area contributed by atoms with Gasteiger partial charge in [-0.3, -0.25) is 0 Å². The molecule has 0 unspecified atom stereocenters. The Kier molecular flexibility index (Phi) is 8.67. The average molecular weight is 271 g/mol. The first-order valence-electron chi connectivity index (χ1n) is 8.19. The third kappa shape index (κ3) is 7.28. The highest BCUT2D eigenvalue weighted by Gasteiger charge is 2.25. The van der Waals surface area contributed by atoms with Gasteiger partial charge in [0.15, 0.2) is 0 Å². The molecule has 0 aromatic carbocycles. The van der Waals surface area contributed by atoms with Gasteiger partial charge in [-0.15, -0.1) is 0 Å². The van der Waals surface area contributed by atoms with Crippen LogP contribution in [0.1, 0.15) is 77.6 Å². The van der Waals surface area contributed by atoms with Crippen LogP contribution >= 0.6 is 0 Å². The van der Waals surface area contributed by atoms with Gasteiger partial charge in [0.25, 0.3) is 0 Å². The standard InChI is InChI=1S/C16H33NO2/c1-16(13-18,14-19)17-15-11-9-7-5-3-2-4-6-8-10-12-15/h15,17-19H,2-14H2,1H3. The van der Waals surface area contributed by atoms with E-state index in [0.29, 0.717) is 6.04 Å². The normalized spacial score (nSPS) is 21.6. The fourth-order valence-corrected chi connectivity index (χ4v) is 2.94. The number of hydrogen-bond donors (Lipinski definition) is 3. The molecule has 0 aliphatic heterocycles. The van der Waals surface area contributed by atoms with Crippen LogP contribution in [0.3, 0.4) is 0 Å². The first-order chi connectivity index (χ1) is 9.20. The van der Waals surface area contributed by atoms with Gasteiger partial charge in [0.2, 0.25) is 0 Å². The molecule has 0 aromatic rings. The van der Waals surface area contributed by atoms with Crippen LogP contribution in [-0.4, -0.2) is 35.0 Å². The van der Waals surface area contributed by atoms with Crippen LogP contribution in [0.4, 0.5) is 0 Å². The molecule has 3 N–H and O–H groups in total. The smallest absolute Gasteiger partial charge is 0.0633 e. The Balaban J connectivity index is 2.42. The fraction of sp³-hybridized carbons (Fsp3) is 1.00. The molecule has 1 saturated carbocycles. The maximum absolute atomic E-state index is 9.40. The SMILES string of the molecule is CC(CO)(CO)NC1CCCCCCCCCCC1. The summed E-state index contributed by atoms with van der Waals surface area (Å²) in [5, 5.41) is 22.3. The monoisotopic (exact) mass is 271 g/mol. The van der Waals surface area contributed by atoms with E-state index in [1.54, 1.807) is 0 Å². The Hall–Kier alpha value is -0.120. The van der Waals surface area contributed by atoms with E-state index in [-0.39, 0.29) is 13.2 Å². The molecule has 1 aliphatic rings. The molecule has 0 aromatic heterocycles. The van der Waals surface area contributed by atoms with Gasteiger partial charge in [-0.05, 0) is 19.8 Å². The van der Waals surface area contributed by atoms with E-state index in [2.05, 4.69) is 5.32 Å². The topological polar surface area (TPSA) is 52.5 Å². The Morgan fingerprint density at radius 1 is 0.789 bits per heavy atom. The summed E-state index contributed by atoms with van der Waals surface area (Å²) in [5.74, 6) is 0. The molecule has 1 rings (SSSR count). The predicted molar refractivity (Wildman–Crippen MR) is 80.3 cm³/mol. The van der Waals surface area contributed by atoms with Gasteiger partial charge in [0, 0.05) is 6.04 Å². The van der Waals surface area contributed by atoms with Crippen molar-refractivity contribution >= 4 is 0 Å². The predicted octanol–water partition coefficient (Wildman–Crippen LogP) is 2.99. The quantitative estimate of drug-likeness (QED) is 0.737. The number of nitrogens with one attached hydrogen (secondary N) is 1. The zero-order valence-electron chi connectivity index (χ0n) is 12.7. The summed E-state index contributed by atoms with van der Waals surface area (Å²) in [4.78, 5) is 0. The molecular weight excluding hydrogens is 238 g/mol. The number of aliphatic hydroxyl groups excluding tert-OH is 2. The Morgan fingerprint density at radius 3 is 1.53 bits per heavy atom. The van der Waals surface area contributed by atoms with Gasteiger partial charge in [0.1, 0.15) is 0 Å². The maximum atomic E-state index is 9.40. The zero-order valence-corrected chi connectivity index (χ0v) is 12.7. The van der Waals surface area contributed by atoms with E-state index in [4.69, 9.17) is 0 Å². The van der Waals surface area contributed by atoms with Crippen LogP contribution in [0.25, 0.3) is 0 Å². The Morgan fingerprint density at radius 2 is 1.16 bits per heavy atom. The second-order valence-electron chi connectivity index (χ2n) is 6.48. The lowest BCUT2D eigenvalue weighted by atomic mass is 9.95. The molecule has 0 atom stereocenters. The molecule has 0 saturated heterocycles. The Labute approximate surface area is 118 Å². The lowest BCUT2D eigenvalue weighted by Crippen LogP contribution is -2.53. The van der Waals surface area contributed by atoms with E-state index < -0.39 is 5.54 Å². The van der Waals surface area contributed by atoms with Gasteiger partial charge in [0.05, 0.1) is 18.8 Å². The fourth-order valence-electron chi connectivity index (χ4n) is 2.94. The van der Waals surface area contributed by atoms with E-state index in [1.165, 1.54) is 70.6 Å². The first-order valence-corrected chi connectivity index (χ1v) is 8.19. The van der Waals surface area contributed by atoms with E-state index in [1.807, 2.05) is 6.92 Å². The highest BCUT2D eigenvalue weighted by Crippen LogP contribution is 2.18. The summed E-state index contributed by atoms with van der Waals surface area (Å²) in [6.45, 7) is 1.91. The van der Waals surface area contributed by atoms with Crippen LogP contribution < -0.4 is 5.32 Å². The summed E-state index contributed by atoms with van der Waals surface area (Å²) < 4.78 is 0. The molecule has 0 bridgehead atoms. The van der Waals surface area contributed by atoms with Crippen LogP contribution in [0.5, 0.6) is 0 Å². The summed E-state index contributed by atoms with van der Waals surface area (Å²) in [6, 6.07) is 0.448. The molecule has 0 spiro atoms. The highest BCUT2D eigenvalue weighted by atomic mass is 16.3. The third-order valence-electron chi connectivity index (χ3n) is 4.36. The summed E-state index contributed by atoms with van der Waals surface area (Å²) in [6.07, 6.45) is 14.5. The van der Waals surface area contributed by atoms with Crippen LogP contribution in [0, 0.1) is 0 Å². The minimum Gasteiger partial charge on any atom is -0.394 e. The lowest BCUT2D eigenvalue weighted by Gasteiger charge is -2.32. The van der Waals surface area contributed by atoms with Crippen LogP contribution in [-0.2, 0) is 0 Å². The summed E-state index contributed by atoms with van der Waals surface area (Å²) in [5.41, 5.74) is -0.526. The van der Waals surface area contributed by atoms with Gasteiger partial charge in [-0.1, -0.05) is 57.8 Å². The minimum absolute atomic E-state index is 0. The van der Waals surface area contributed by atoms with E-state index in [9.17, 15) is 10.2 Å². The minimum atomic E-state index is -0.526. The largest absolute Gasteiger partial charge is 0.394 e. The van der Waals surface area contributed by atoms with Crippen molar-refractivity contribution in [2.45, 2.75) is 89.1 Å². The van der Waals surface area contributed by atoms with Crippen LogP contribution in [0.2, 0.25) is 0 Å². The molecule has 0 amide bonds. The van der Waals surface area contributed by atoms with Gasteiger partial charge < -0.3 is 15.5 Å². The molecule has 0 heterocycles. The van der Waals surface area contributed by atoms with Crippen molar-refractivity contribution in [3.05, 3.63) is 0 Å². The number of hydrogen-bond acceptors (Lipinski definition) is 3. The number of aliphatic hydroxyl groups is 2. The summed E-state index contributed by atoms with van der Waals surface area (Å²) >= 11 is 0. The molecule has 1 aliphatic carbocycles. The molecular formula is C16H33NO2. The van der Waals surface area contributed by atoms with Crippen molar-refractivity contribution in [3.63, 3.8) is 0 Å². The van der Waals surface area contributed by atoms with Crippen molar-refractivity contribution in [1.82, 2.24) is 5.32 Å². The second-order valence-corrected chi connectivity index (χ2v) is 6.48. The molecule has 114 valence electrons. The average Bonchev–Trinajstić information content (AvgIpc) is 2.42. The van der Waals surface area contributed by atoms with Gasteiger partial charge in [-0.25, -0.2) is 0 Å². The van der Waals surface area contributed by atoms with Crippen molar-refractivity contribution in [2.24, 2.45) is 0 Å². The van der Waals surface area contributed by atoms with E-state index >= 15 is 0 Å². The van der Waals surface area contributed by atoms with Crippen molar-refractivity contribution in [3.8, 4) is 0 Å². The number of rotatable bonds is 4. The van der Waals surface area contributed by atoms with Gasteiger partial charge in [-0.2, -0.15) is 0 Å². The van der Waals surface area contributed by atoms with Gasteiger partial charge >= 0.3 is 0 Å². The van der Waals surface area contributed by atoms with Crippen molar-refractivity contribution in [2.75, 3.05) is 13.2 Å². The summed E-state index contributed by atoms with van der Waals surface area (Å²) in [7, 11) is 0. The van der Waals surface area contributed by atoms with E-state index in [0.717, 1.165) is 0 Å². The lowest BCUT2D eigenvalue weighted by molar-refractivity contribution is 0.0905. The Bertz CT molecular complexity index is 205. The molecule has 3 nitrogen and oxygen atoms in total.